The van der Waals surface area contributed by atoms with Crippen LogP contribution < -0.4 is 10.6 Å². The van der Waals surface area contributed by atoms with Crippen LogP contribution in [0.1, 0.15) is 31.7 Å². The van der Waals surface area contributed by atoms with Crippen molar-refractivity contribution in [3.63, 3.8) is 0 Å². The number of nitrogens with zero attached hydrogens (tertiary/aromatic N) is 1. The van der Waals surface area contributed by atoms with Crippen LogP contribution in [0, 0.1) is 11.6 Å². The van der Waals surface area contributed by atoms with Crippen molar-refractivity contribution < 1.29 is 23.2 Å². The van der Waals surface area contributed by atoms with E-state index in [2.05, 4.69) is 10.6 Å². The molecule has 8 heteroatoms. The van der Waals surface area contributed by atoms with Crippen LogP contribution in [-0.2, 0) is 15.1 Å². The molecule has 0 bridgehead atoms. The quantitative estimate of drug-likeness (QED) is 0.697. The number of carbonyl (C=O) groups excluding carboxylic acids is 3. The zero-order valence-electron chi connectivity index (χ0n) is 15.9. The third-order valence-electron chi connectivity index (χ3n) is 4.85. The van der Waals surface area contributed by atoms with Crippen LogP contribution in [0.15, 0.2) is 48.5 Å². The van der Waals surface area contributed by atoms with Crippen LogP contribution in [-0.4, -0.2) is 29.3 Å². The Hall–Kier alpha value is -3.29. The van der Waals surface area contributed by atoms with Gasteiger partial charge in [-0.2, -0.15) is 0 Å². The molecule has 0 spiro atoms. The Kier molecular flexibility index (Phi) is 5.91. The first-order valence-electron chi connectivity index (χ1n) is 9.31. The van der Waals surface area contributed by atoms with Gasteiger partial charge in [0.15, 0.2) is 0 Å². The Morgan fingerprint density at radius 3 is 2.21 bits per heavy atom. The average molecular weight is 401 g/mol. The summed E-state index contributed by atoms with van der Waals surface area (Å²) in [6, 6.07) is 9.83. The van der Waals surface area contributed by atoms with E-state index in [1.54, 1.807) is 0 Å². The number of urea groups is 1. The standard InChI is InChI=1S/C21H21F2N3O3/c1-2-3-12-21(14-4-6-15(22)7-5-14)19(28)26(20(29)25-21)13-18(27)24-17-10-8-16(23)9-11-17/h4-11H,2-3,12-13H2,1H3,(H,24,27)(H,25,29)/t21-/m1/s1. The minimum absolute atomic E-state index is 0.329. The number of anilines is 1. The average Bonchev–Trinajstić information content (AvgIpc) is 2.94. The van der Waals surface area contributed by atoms with E-state index < -0.39 is 41.6 Å². The van der Waals surface area contributed by atoms with Gasteiger partial charge in [-0.15, -0.1) is 0 Å². The van der Waals surface area contributed by atoms with Crippen molar-refractivity contribution in [2.45, 2.75) is 31.7 Å². The number of amides is 4. The van der Waals surface area contributed by atoms with Gasteiger partial charge in [0.25, 0.3) is 5.91 Å². The molecule has 1 saturated heterocycles. The van der Waals surface area contributed by atoms with E-state index in [0.717, 1.165) is 11.3 Å². The molecule has 0 saturated carbocycles. The lowest BCUT2D eigenvalue weighted by molar-refractivity contribution is -0.134. The molecule has 6 nitrogen and oxygen atoms in total. The lowest BCUT2D eigenvalue weighted by Crippen LogP contribution is -2.44. The normalized spacial score (nSPS) is 18.7. The first-order valence-corrected chi connectivity index (χ1v) is 9.31. The third-order valence-corrected chi connectivity index (χ3v) is 4.85. The molecule has 1 atom stereocenters. The molecule has 4 amide bonds. The van der Waals surface area contributed by atoms with Crippen molar-refractivity contribution in [2.75, 3.05) is 11.9 Å². The maximum absolute atomic E-state index is 13.3. The first kappa shape index (κ1) is 20.4. The summed E-state index contributed by atoms with van der Waals surface area (Å²) in [5, 5.41) is 5.23. The van der Waals surface area contributed by atoms with Gasteiger partial charge in [0.05, 0.1) is 0 Å². The molecule has 152 valence electrons. The largest absolute Gasteiger partial charge is 0.325 e. The van der Waals surface area contributed by atoms with Gasteiger partial charge in [0.2, 0.25) is 5.91 Å². The number of hydrogen-bond donors (Lipinski definition) is 2. The second kappa shape index (κ2) is 8.38. The Morgan fingerprint density at radius 1 is 1.03 bits per heavy atom. The molecule has 0 aromatic heterocycles. The van der Waals surface area contributed by atoms with Crippen molar-refractivity contribution >= 4 is 23.5 Å². The zero-order chi connectivity index (χ0) is 21.0. The van der Waals surface area contributed by atoms with Crippen molar-refractivity contribution in [1.29, 1.82) is 0 Å². The third kappa shape index (κ3) is 4.26. The molecule has 0 aliphatic carbocycles. The van der Waals surface area contributed by atoms with Gasteiger partial charge in [0, 0.05) is 5.69 Å². The molecule has 2 aromatic rings. The minimum Gasteiger partial charge on any atom is -0.325 e. The fourth-order valence-electron chi connectivity index (χ4n) is 3.33. The van der Waals surface area contributed by atoms with Crippen molar-refractivity contribution in [1.82, 2.24) is 10.2 Å². The van der Waals surface area contributed by atoms with Crippen LogP contribution in [0.4, 0.5) is 19.3 Å². The first-order chi connectivity index (χ1) is 13.9. The van der Waals surface area contributed by atoms with Gasteiger partial charge in [-0.25, -0.2) is 13.6 Å². The molecule has 29 heavy (non-hydrogen) atoms. The number of unbranched alkanes of at least 4 members (excludes halogenated alkanes) is 1. The molecule has 3 rings (SSSR count). The van der Waals surface area contributed by atoms with Gasteiger partial charge < -0.3 is 10.6 Å². The van der Waals surface area contributed by atoms with Crippen LogP contribution in [0.5, 0.6) is 0 Å². The Labute approximate surface area is 166 Å². The summed E-state index contributed by atoms with van der Waals surface area (Å²) in [6.45, 7) is 1.46. The maximum atomic E-state index is 13.3. The van der Waals surface area contributed by atoms with Gasteiger partial charge in [-0.05, 0) is 48.4 Å². The number of imide groups is 1. The summed E-state index contributed by atoms with van der Waals surface area (Å²) in [5.41, 5.74) is -0.525. The highest BCUT2D eigenvalue weighted by Crippen LogP contribution is 2.34. The van der Waals surface area contributed by atoms with E-state index in [4.69, 9.17) is 0 Å². The highest BCUT2D eigenvalue weighted by atomic mass is 19.1. The monoisotopic (exact) mass is 401 g/mol. The van der Waals surface area contributed by atoms with Crippen molar-refractivity contribution in [3.05, 3.63) is 65.7 Å². The number of nitrogens with one attached hydrogen (secondary N) is 2. The molecular weight excluding hydrogens is 380 g/mol. The SMILES string of the molecule is CCCC[C@]1(c2ccc(F)cc2)NC(=O)N(CC(=O)Nc2ccc(F)cc2)C1=O. The molecular formula is C21H21F2N3O3. The van der Waals surface area contributed by atoms with Gasteiger partial charge in [-0.3, -0.25) is 14.5 Å². The lowest BCUT2D eigenvalue weighted by Gasteiger charge is -2.27. The molecule has 1 aliphatic heterocycles. The Morgan fingerprint density at radius 2 is 1.62 bits per heavy atom. The minimum atomic E-state index is -1.34. The predicted octanol–water partition coefficient (Wildman–Crippen LogP) is 3.54. The smallest absolute Gasteiger partial charge is 0.325 e. The summed E-state index contributed by atoms with van der Waals surface area (Å²) < 4.78 is 26.3. The van der Waals surface area contributed by atoms with Gasteiger partial charge >= 0.3 is 6.03 Å². The van der Waals surface area contributed by atoms with E-state index >= 15 is 0 Å². The number of benzene rings is 2. The summed E-state index contributed by atoms with van der Waals surface area (Å²) in [6.07, 6.45) is 1.77. The van der Waals surface area contributed by atoms with E-state index in [1.165, 1.54) is 48.5 Å². The molecule has 0 radical (unpaired) electrons. The number of carbonyl (C=O) groups is 3. The lowest BCUT2D eigenvalue weighted by atomic mass is 9.85. The maximum Gasteiger partial charge on any atom is 0.325 e. The number of halogens is 2. The molecule has 0 unspecified atom stereocenters. The highest BCUT2D eigenvalue weighted by molar-refractivity contribution is 6.10. The fourth-order valence-corrected chi connectivity index (χ4v) is 3.33. The van der Waals surface area contributed by atoms with Crippen molar-refractivity contribution in [3.8, 4) is 0 Å². The van der Waals surface area contributed by atoms with Crippen LogP contribution >= 0.6 is 0 Å². The van der Waals surface area contributed by atoms with Crippen LogP contribution in [0.25, 0.3) is 0 Å². The second-order valence-electron chi connectivity index (χ2n) is 6.89. The number of rotatable bonds is 7. The van der Waals surface area contributed by atoms with Gasteiger partial charge in [0.1, 0.15) is 23.7 Å². The summed E-state index contributed by atoms with van der Waals surface area (Å²) in [4.78, 5) is 38.9. The number of hydrogen-bond acceptors (Lipinski definition) is 3. The zero-order valence-corrected chi connectivity index (χ0v) is 15.9. The fraction of sp³-hybridized carbons (Fsp3) is 0.286. The highest BCUT2D eigenvalue weighted by Gasteiger charge is 2.52. The van der Waals surface area contributed by atoms with Gasteiger partial charge in [-0.1, -0.05) is 31.9 Å². The van der Waals surface area contributed by atoms with Crippen LogP contribution in [0.3, 0.4) is 0 Å². The van der Waals surface area contributed by atoms with Crippen LogP contribution in [0.2, 0.25) is 0 Å². The Balaban J connectivity index is 1.80. The van der Waals surface area contributed by atoms with E-state index in [1.807, 2.05) is 6.92 Å². The van der Waals surface area contributed by atoms with E-state index in [9.17, 15) is 23.2 Å². The van der Waals surface area contributed by atoms with E-state index in [0.29, 0.717) is 24.1 Å². The summed E-state index contributed by atoms with van der Waals surface area (Å²) in [5.74, 6) is -2.05. The molecule has 2 aromatic carbocycles. The molecule has 1 heterocycles. The molecule has 1 aliphatic rings. The molecule has 1 fully saturated rings. The predicted molar refractivity (Wildman–Crippen MR) is 103 cm³/mol. The Bertz CT molecular complexity index is 916. The van der Waals surface area contributed by atoms with Crippen molar-refractivity contribution in [2.24, 2.45) is 0 Å². The summed E-state index contributed by atoms with van der Waals surface area (Å²) >= 11 is 0. The summed E-state index contributed by atoms with van der Waals surface area (Å²) in [7, 11) is 0. The van der Waals surface area contributed by atoms with E-state index in [-0.39, 0.29) is 0 Å². The second-order valence-corrected chi connectivity index (χ2v) is 6.89. The topological polar surface area (TPSA) is 78.5 Å². The molecule has 2 N–H and O–H groups in total.